The number of aromatic nitrogens is 2. The van der Waals surface area contributed by atoms with Crippen LogP contribution in [0.3, 0.4) is 0 Å². The van der Waals surface area contributed by atoms with Crippen molar-refractivity contribution in [2.24, 2.45) is 5.41 Å². The zero-order valence-corrected chi connectivity index (χ0v) is 18.5. The Labute approximate surface area is 178 Å². The van der Waals surface area contributed by atoms with Crippen LogP contribution in [-0.4, -0.2) is 48.3 Å². The summed E-state index contributed by atoms with van der Waals surface area (Å²) < 4.78 is 16.6. The van der Waals surface area contributed by atoms with Gasteiger partial charge in [0.1, 0.15) is 18.1 Å². The molecule has 29 heavy (non-hydrogen) atoms. The van der Waals surface area contributed by atoms with Crippen molar-refractivity contribution in [3.8, 4) is 17.5 Å². The molecule has 2 aromatic heterocycles. The number of methoxy groups -OCH3 is 1. The fraction of sp³-hybridized carbons (Fsp3) is 0.545. The van der Waals surface area contributed by atoms with E-state index in [1.165, 1.54) is 5.56 Å². The largest absolute Gasteiger partial charge is 0.484 e. The number of fused-ring (bicyclic) bond motifs is 1. The van der Waals surface area contributed by atoms with E-state index in [1.807, 2.05) is 25.1 Å². The molecule has 0 radical (unpaired) electrons. The molecule has 156 valence electrons. The second-order valence-electron chi connectivity index (χ2n) is 8.54. The summed E-state index contributed by atoms with van der Waals surface area (Å²) in [6.07, 6.45) is 2.07. The molecular weight excluding hydrogens is 386 g/mol. The number of rotatable bonds is 5. The minimum atomic E-state index is -0.487. The third kappa shape index (κ3) is 4.16. The highest BCUT2D eigenvalue weighted by atomic mass is 32.1. The zero-order chi connectivity index (χ0) is 20.6. The lowest BCUT2D eigenvalue weighted by molar-refractivity contribution is 0.159. The van der Waals surface area contributed by atoms with Crippen LogP contribution < -0.4 is 14.2 Å². The Hall–Kier alpha value is -1.99. The molecule has 2 aliphatic heterocycles. The van der Waals surface area contributed by atoms with E-state index >= 15 is 0 Å². The van der Waals surface area contributed by atoms with Gasteiger partial charge < -0.3 is 14.2 Å². The van der Waals surface area contributed by atoms with Gasteiger partial charge in [-0.3, -0.25) is 4.90 Å². The summed E-state index contributed by atoms with van der Waals surface area (Å²) in [5.74, 6) is 1.95. The van der Waals surface area contributed by atoms with Crippen LogP contribution in [0.2, 0.25) is 0 Å². The molecule has 0 aromatic carbocycles. The monoisotopic (exact) mass is 415 g/mol. The highest BCUT2D eigenvalue weighted by Crippen LogP contribution is 2.43. The third-order valence-corrected chi connectivity index (χ3v) is 6.41. The maximum atomic E-state index is 5.67. The molecule has 7 heteroatoms. The molecule has 2 atom stereocenters. The summed E-state index contributed by atoms with van der Waals surface area (Å²) in [6, 6.07) is 8.13. The number of hydrogen-bond donors (Lipinski definition) is 1. The molecule has 6 nitrogen and oxygen atoms in total. The third-order valence-electron chi connectivity index (χ3n) is 5.89. The minimum absolute atomic E-state index is 0.149. The number of thiol groups is 1. The van der Waals surface area contributed by atoms with Crippen molar-refractivity contribution in [1.82, 2.24) is 14.9 Å². The second kappa shape index (κ2) is 7.69. The van der Waals surface area contributed by atoms with Crippen molar-refractivity contribution < 1.29 is 14.2 Å². The quantitative estimate of drug-likeness (QED) is 0.753. The molecule has 4 rings (SSSR count). The summed E-state index contributed by atoms with van der Waals surface area (Å²) in [5.41, 5.74) is 3.28. The van der Waals surface area contributed by atoms with E-state index < -0.39 is 4.87 Å². The van der Waals surface area contributed by atoms with Crippen LogP contribution >= 0.6 is 12.6 Å². The highest BCUT2D eigenvalue weighted by Gasteiger charge is 2.42. The number of hydrogen-bond acceptors (Lipinski definition) is 7. The van der Waals surface area contributed by atoms with Crippen LogP contribution in [0.15, 0.2) is 24.3 Å². The first-order chi connectivity index (χ1) is 13.8. The lowest BCUT2D eigenvalue weighted by atomic mass is 9.83. The lowest BCUT2D eigenvalue weighted by Crippen LogP contribution is -2.40. The maximum absolute atomic E-state index is 5.67. The first-order valence-corrected chi connectivity index (χ1v) is 10.5. The lowest BCUT2D eigenvalue weighted by Gasteiger charge is -2.36. The van der Waals surface area contributed by atoms with E-state index in [-0.39, 0.29) is 5.41 Å². The molecule has 1 saturated heterocycles. The van der Waals surface area contributed by atoms with Crippen molar-refractivity contribution >= 4 is 12.6 Å². The topological polar surface area (TPSA) is 56.7 Å². The molecule has 0 aliphatic carbocycles. The number of likely N-dealkylation sites (tertiary alicyclic amines) is 1. The standard InChI is InChI=1S/C22H29N3O3S/c1-15-11-16(12-19(23-15)26-4)13-21(2)7-8-25(14-21)22(3,29)18-6-5-17-20(24-18)28-10-9-27-17/h5-6,11-12,29H,7-10,13-14H2,1-4H3/t21-,22?/m0/s1. The Morgan fingerprint density at radius 2 is 2.03 bits per heavy atom. The van der Waals surface area contributed by atoms with Gasteiger partial charge in [0.25, 0.3) is 5.88 Å². The van der Waals surface area contributed by atoms with E-state index in [1.54, 1.807) is 7.11 Å². The normalized spacial score (nSPS) is 23.6. The molecule has 1 fully saturated rings. The van der Waals surface area contributed by atoms with Crippen LogP contribution in [0.4, 0.5) is 0 Å². The highest BCUT2D eigenvalue weighted by molar-refractivity contribution is 7.81. The smallest absolute Gasteiger partial charge is 0.257 e. The van der Waals surface area contributed by atoms with Crippen molar-refractivity contribution in [3.63, 3.8) is 0 Å². The maximum Gasteiger partial charge on any atom is 0.257 e. The predicted molar refractivity (Wildman–Crippen MR) is 115 cm³/mol. The SMILES string of the molecule is COc1cc(C[C@]2(C)CCN(C(C)(S)c3ccc4c(n3)OCCO4)C2)cc(C)n1. The molecule has 0 saturated carbocycles. The van der Waals surface area contributed by atoms with E-state index in [0.29, 0.717) is 30.7 Å². The van der Waals surface area contributed by atoms with Crippen molar-refractivity contribution in [2.45, 2.75) is 38.5 Å². The van der Waals surface area contributed by atoms with E-state index in [2.05, 4.69) is 29.8 Å². The van der Waals surface area contributed by atoms with E-state index in [4.69, 9.17) is 31.8 Å². The molecule has 1 unspecified atom stereocenters. The Kier molecular flexibility index (Phi) is 5.38. The molecular formula is C22H29N3O3S. The summed E-state index contributed by atoms with van der Waals surface area (Å²) >= 11 is 5.03. The fourth-order valence-corrected chi connectivity index (χ4v) is 4.60. The number of nitrogens with zero attached hydrogens (tertiary/aromatic N) is 3. The average Bonchev–Trinajstić information content (AvgIpc) is 3.09. The average molecular weight is 416 g/mol. The zero-order valence-electron chi connectivity index (χ0n) is 17.6. The van der Waals surface area contributed by atoms with Gasteiger partial charge in [0.15, 0.2) is 5.75 Å². The number of ether oxygens (including phenoxy) is 3. The second-order valence-corrected chi connectivity index (χ2v) is 9.41. The van der Waals surface area contributed by atoms with E-state index in [9.17, 15) is 0 Å². The molecule has 2 aromatic rings. The summed E-state index contributed by atoms with van der Waals surface area (Å²) in [5, 5.41) is 0. The Morgan fingerprint density at radius 3 is 2.83 bits per heavy atom. The van der Waals surface area contributed by atoms with Crippen LogP contribution in [0.25, 0.3) is 0 Å². The van der Waals surface area contributed by atoms with Gasteiger partial charge in [0, 0.05) is 24.8 Å². The Morgan fingerprint density at radius 1 is 1.24 bits per heavy atom. The predicted octanol–water partition coefficient (Wildman–Crippen LogP) is 3.62. The molecule has 0 N–H and O–H groups in total. The van der Waals surface area contributed by atoms with E-state index in [0.717, 1.165) is 37.3 Å². The van der Waals surface area contributed by atoms with Crippen molar-refractivity contribution in [3.05, 3.63) is 41.2 Å². The van der Waals surface area contributed by atoms with Crippen LogP contribution in [0.1, 0.15) is 37.2 Å². The summed E-state index contributed by atoms with van der Waals surface area (Å²) in [7, 11) is 1.66. The van der Waals surface area contributed by atoms with Gasteiger partial charge in [0.05, 0.1) is 12.8 Å². The van der Waals surface area contributed by atoms with Gasteiger partial charge in [0.2, 0.25) is 5.88 Å². The van der Waals surface area contributed by atoms with Gasteiger partial charge in [-0.1, -0.05) is 6.92 Å². The molecule has 4 heterocycles. The number of aryl methyl sites for hydroxylation is 1. The molecule has 0 bridgehead atoms. The first-order valence-electron chi connectivity index (χ1n) is 10.1. The number of pyridine rings is 2. The molecule has 0 spiro atoms. The minimum Gasteiger partial charge on any atom is -0.484 e. The Bertz CT molecular complexity index is 905. The van der Waals surface area contributed by atoms with Gasteiger partial charge in [-0.25, -0.2) is 9.97 Å². The molecule has 0 amide bonds. The summed E-state index contributed by atoms with van der Waals surface area (Å²) in [4.78, 5) is 11.0. The fourth-order valence-electron chi connectivity index (χ4n) is 4.30. The van der Waals surface area contributed by atoms with Gasteiger partial charge >= 0.3 is 0 Å². The van der Waals surface area contributed by atoms with Gasteiger partial charge in [-0.15, -0.1) is 0 Å². The van der Waals surface area contributed by atoms with Crippen molar-refractivity contribution in [2.75, 3.05) is 33.4 Å². The van der Waals surface area contributed by atoms with Crippen LogP contribution in [0.5, 0.6) is 17.5 Å². The van der Waals surface area contributed by atoms with Crippen LogP contribution in [-0.2, 0) is 11.3 Å². The van der Waals surface area contributed by atoms with Gasteiger partial charge in [-0.2, -0.15) is 12.6 Å². The van der Waals surface area contributed by atoms with Crippen LogP contribution in [0, 0.1) is 12.3 Å². The molecule has 2 aliphatic rings. The van der Waals surface area contributed by atoms with Crippen molar-refractivity contribution in [1.29, 1.82) is 0 Å². The summed E-state index contributed by atoms with van der Waals surface area (Å²) in [6.45, 7) is 9.46. The first kappa shape index (κ1) is 20.3. The van der Waals surface area contributed by atoms with Gasteiger partial charge in [-0.05, 0) is 55.9 Å². The Balaban J connectivity index is 1.51.